The summed E-state index contributed by atoms with van der Waals surface area (Å²) in [5, 5.41) is 3.89. The highest BCUT2D eigenvalue weighted by molar-refractivity contribution is 6.30. The first-order valence-electron chi connectivity index (χ1n) is 10.3. The lowest BCUT2D eigenvalue weighted by Crippen LogP contribution is -2.52. The summed E-state index contributed by atoms with van der Waals surface area (Å²) in [6.45, 7) is 5.40. The predicted octanol–water partition coefficient (Wildman–Crippen LogP) is 5.16. The molecule has 1 amide bonds. The Hall–Kier alpha value is -2.82. The summed E-state index contributed by atoms with van der Waals surface area (Å²) in [6.07, 6.45) is 0. The van der Waals surface area contributed by atoms with E-state index >= 15 is 0 Å². The van der Waals surface area contributed by atoms with E-state index in [1.807, 2.05) is 67.6 Å². The van der Waals surface area contributed by atoms with Gasteiger partial charge in [-0.2, -0.15) is 0 Å². The lowest BCUT2D eigenvalue weighted by Gasteiger charge is -2.38. The Balaban J connectivity index is 1.40. The fourth-order valence-electron chi connectivity index (χ4n) is 3.90. The lowest BCUT2D eigenvalue weighted by atomic mass is 10.0. The topological polar surface area (TPSA) is 35.6 Å². The van der Waals surface area contributed by atoms with Crippen LogP contribution in [0.3, 0.4) is 0 Å². The molecule has 1 aliphatic rings. The van der Waals surface area contributed by atoms with Gasteiger partial charge in [0.05, 0.1) is 6.04 Å². The maximum Gasteiger partial charge on any atom is 0.241 e. The molecule has 5 heteroatoms. The highest BCUT2D eigenvalue weighted by Gasteiger charge is 2.26. The number of nitrogens with one attached hydrogen (secondary N) is 1. The molecule has 0 bridgehead atoms. The van der Waals surface area contributed by atoms with Gasteiger partial charge in [0, 0.05) is 48.1 Å². The molecule has 1 atom stereocenters. The van der Waals surface area contributed by atoms with E-state index in [1.54, 1.807) is 0 Å². The highest BCUT2D eigenvalue weighted by atomic mass is 35.5. The smallest absolute Gasteiger partial charge is 0.241 e. The quantitative estimate of drug-likeness (QED) is 0.620. The van der Waals surface area contributed by atoms with Crippen molar-refractivity contribution >= 4 is 28.9 Å². The van der Waals surface area contributed by atoms with Crippen molar-refractivity contribution in [3.63, 3.8) is 0 Å². The van der Waals surface area contributed by atoms with Gasteiger partial charge in [-0.15, -0.1) is 0 Å². The van der Waals surface area contributed by atoms with Gasteiger partial charge in [-0.05, 0) is 36.8 Å². The molecule has 1 heterocycles. The number of carbonyl (C=O) groups is 1. The fourth-order valence-corrected chi connectivity index (χ4v) is 4.09. The molecule has 4 nitrogen and oxygen atoms in total. The van der Waals surface area contributed by atoms with Crippen molar-refractivity contribution in [3.8, 4) is 11.1 Å². The van der Waals surface area contributed by atoms with Gasteiger partial charge in [0.1, 0.15) is 0 Å². The van der Waals surface area contributed by atoms with Crippen LogP contribution >= 0.6 is 11.6 Å². The lowest BCUT2D eigenvalue weighted by molar-refractivity contribution is -0.120. The Labute approximate surface area is 183 Å². The zero-order valence-corrected chi connectivity index (χ0v) is 17.8. The van der Waals surface area contributed by atoms with Crippen molar-refractivity contribution in [1.29, 1.82) is 0 Å². The summed E-state index contributed by atoms with van der Waals surface area (Å²) in [7, 11) is 0. The van der Waals surface area contributed by atoms with Gasteiger partial charge in [-0.3, -0.25) is 9.69 Å². The van der Waals surface area contributed by atoms with E-state index in [9.17, 15) is 4.79 Å². The molecule has 1 aliphatic heterocycles. The normalized spacial score (nSPS) is 15.6. The number of rotatable bonds is 5. The van der Waals surface area contributed by atoms with Crippen LogP contribution in [0.2, 0.25) is 5.02 Å². The van der Waals surface area contributed by atoms with Crippen LogP contribution in [0.25, 0.3) is 11.1 Å². The minimum Gasteiger partial charge on any atom is -0.369 e. The highest BCUT2D eigenvalue weighted by Crippen LogP contribution is 2.28. The molecule has 30 heavy (non-hydrogen) atoms. The number of halogens is 1. The Kier molecular flexibility index (Phi) is 6.36. The summed E-state index contributed by atoms with van der Waals surface area (Å²) >= 11 is 6.13. The van der Waals surface area contributed by atoms with Crippen LogP contribution in [0.4, 0.5) is 11.4 Å². The largest absolute Gasteiger partial charge is 0.369 e. The van der Waals surface area contributed by atoms with Crippen molar-refractivity contribution < 1.29 is 4.79 Å². The van der Waals surface area contributed by atoms with Crippen molar-refractivity contribution in [2.45, 2.75) is 13.0 Å². The molecule has 0 aliphatic carbocycles. The Morgan fingerprint density at radius 3 is 2.33 bits per heavy atom. The van der Waals surface area contributed by atoms with Crippen LogP contribution in [0.5, 0.6) is 0 Å². The van der Waals surface area contributed by atoms with Crippen LogP contribution < -0.4 is 10.2 Å². The molecule has 3 aromatic carbocycles. The molecule has 1 saturated heterocycles. The van der Waals surface area contributed by atoms with E-state index in [0.717, 1.165) is 53.7 Å². The van der Waals surface area contributed by atoms with Crippen molar-refractivity contribution in [1.82, 2.24) is 4.90 Å². The second kappa shape index (κ2) is 9.33. The molecule has 1 fully saturated rings. The average Bonchev–Trinajstić information content (AvgIpc) is 2.79. The Bertz CT molecular complexity index is 1000. The second-order valence-electron chi connectivity index (χ2n) is 7.58. The number of para-hydroxylation sites is 1. The number of hydrogen-bond donors (Lipinski definition) is 1. The first-order valence-corrected chi connectivity index (χ1v) is 10.7. The molecular weight excluding hydrogens is 394 g/mol. The van der Waals surface area contributed by atoms with Crippen molar-refractivity contribution in [2.24, 2.45) is 0 Å². The molecule has 0 spiro atoms. The summed E-state index contributed by atoms with van der Waals surface area (Å²) in [4.78, 5) is 17.6. The van der Waals surface area contributed by atoms with Crippen LogP contribution in [-0.4, -0.2) is 43.0 Å². The van der Waals surface area contributed by atoms with E-state index < -0.39 is 0 Å². The number of amides is 1. The molecule has 0 saturated carbocycles. The number of anilines is 2. The molecular formula is C25H26ClN3O. The number of benzene rings is 3. The maximum atomic E-state index is 13.0. The predicted molar refractivity (Wildman–Crippen MR) is 125 cm³/mol. The first-order chi connectivity index (χ1) is 14.6. The van der Waals surface area contributed by atoms with E-state index in [2.05, 4.69) is 33.3 Å². The van der Waals surface area contributed by atoms with Gasteiger partial charge < -0.3 is 10.2 Å². The summed E-state index contributed by atoms with van der Waals surface area (Å²) in [5.41, 5.74) is 4.11. The van der Waals surface area contributed by atoms with Crippen molar-refractivity contribution in [2.75, 3.05) is 36.4 Å². The summed E-state index contributed by atoms with van der Waals surface area (Å²) < 4.78 is 0. The van der Waals surface area contributed by atoms with E-state index in [1.165, 1.54) is 0 Å². The summed E-state index contributed by atoms with van der Waals surface area (Å²) in [6, 6.07) is 25.8. The minimum absolute atomic E-state index is 0.0228. The monoisotopic (exact) mass is 419 g/mol. The first kappa shape index (κ1) is 20.5. The number of hydrogen-bond acceptors (Lipinski definition) is 3. The maximum absolute atomic E-state index is 13.0. The standard InChI is InChI=1S/C25H26ClN3O/c1-19(28-14-16-29(17-15-28)22-11-7-10-21(26)18-22)25(30)27-24-13-6-5-12-23(24)20-8-3-2-4-9-20/h2-13,18-19H,14-17H2,1H3,(H,27,30). The van der Waals surface area contributed by atoms with E-state index in [-0.39, 0.29) is 11.9 Å². The van der Waals surface area contributed by atoms with Gasteiger partial charge in [-0.1, -0.05) is 66.2 Å². The third kappa shape index (κ3) is 4.66. The molecule has 154 valence electrons. The van der Waals surface area contributed by atoms with Crippen LogP contribution in [0, 0.1) is 0 Å². The van der Waals surface area contributed by atoms with Gasteiger partial charge in [0.25, 0.3) is 0 Å². The minimum atomic E-state index is -0.199. The molecule has 3 aromatic rings. The SMILES string of the molecule is CC(C(=O)Nc1ccccc1-c1ccccc1)N1CCN(c2cccc(Cl)c2)CC1. The van der Waals surface area contributed by atoms with Gasteiger partial charge in [0.15, 0.2) is 0 Å². The average molecular weight is 420 g/mol. The Morgan fingerprint density at radius 2 is 1.60 bits per heavy atom. The molecule has 4 rings (SSSR count). The van der Waals surface area contributed by atoms with Crippen LogP contribution in [0.1, 0.15) is 6.92 Å². The molecule has 0 radical (unpaired) electrons. The number of nitrogens with zero attached hydrogens (tertiary/aromatic N) is 2. The van der Waals surface area contributed by atoms with Gasteiger partial charge >= 0.3 is 0 Å². The van der Waals surface area contributed by atoms with E-state index in [0.29, 0.717) is 0 Å². The summed E-state index contributed by atoms with van der Waals surface area (Å²) in [5.74, 6) is 0.0228. The zero-order chi connectivity index (χ0) is 20.9. The number of carbonyl (C=O) groups excluding carboxylic acids is 1. The third-order valence-corrected chi connectivity index (χ3v) is 5.92. The number of piperazine rings is 1. The van der Waals surface area contributed by atoms with E-state index in [4.69, 9.17) is 11.6 Å². The fraction of sp³-hybridized carbons (Fsp3) is 0.240. The van der Waals surface area contributed by atoms with Crippen molar-refractivity contribution in [3.05, 3.63) is 83.9 Å². The zero-order valence-electron chi connectivity index (χ0n) is 17.1. The Morgan fingerprint density at radius 1 is 0.900 bits per heavy atom. The second-order valence-corrected chi connectivity index (χ2v) is 8.02. The van der Waals surface area contributed by atoms with Gasteiger partial charge in [-0.25, -0.2) is 0 Å². The van der Waals surface area contributed by atoms with Crippen LogP contribution in [0.15, 0.2) is 78.9 Å². The van der Waals surface area contributed by atoms with Gasteiger partial charge in [0.2, 0.25) is 5.91 Å². The van der Waals surface area contributed by atoms with Crippen LogP contribution in [-0.2, 0) is 4.79 Å². The molecule has 0 aromatic heterocycles. The molecule has 1 N–H and O–H groups in total. The molecule has 1 unspecified atom stereocenters. The third-order valence-electron chi connectivity index (χ3n) is 5.68.